The largest absolute Gasteiger partial charge is 0.458 e. The number of esters is 1. The van der Waals surface area contributed by atoms with Gasteiger partial charge in [-0.3, -0.25) is 10.1 Å². The van der Waals surface area contributed by atoms with Crippen molar-refractivity contribution in [3.05, 3.63) is 91.8 Å². The van der Waals surface area contributed by atoms with E-state index in [0.29, 0.717) is 22.1 Å². The van der Waals surface area contributed by atoms with Gasteiger partial charge < -0.3 is 9.15 Å². The van der Waals surface area contributed by atoms with Crippen LogP contribution in [0.15, 0.2) is 63.8 Å². The fourth-order valence-electron chi connectivity index (χ4n) is 2.68. The van der Waals surface area contributed by atoms with Crippen LogP contribution in [0.3, 0.4) is 0 Å². The van der Waals surface area contributed by atoms with E-state index < -0.39 is 16.5 Å². The maximum absolute atomic E-state index is 12.0. The van der Waals surface area contributed by atoms with Gasteiger partial charge in [-0.2, -0.15) is 0 Å². The predicted octanol–water partition coefficient (Wildman–Crippen LogP) is 4.02. The molecular formula is C21H17NO6. The molecule has 3 rings (SSSR count). The average Bonchev–Trinajstić information content (AvgIpc) is 2.70. The third-order valence-corrected chi connectivity index (χ3v) is 4.19. The van der Waals surface area contributed by atoms with Crippen LogP contribution in [0.5, 0.6) is 0 Å². The third-order valence-electron chi connectivity index (χ3n) is 4.19. The van der Waals surface area contributed by atoms with Gasteiger partial charge in [0.05, 0.1) is 4.92 Å². The van der Waals surface area contributed by atoms with E-state index in [9.17, 15) is 19.7 Å². The molecule has 0 aliphatic heterocycles. The van der Waals surface area contributed by atoms with Crippen molar-refractivity contribution >= 4 is 28.7 Å². The van der Waals surface area contributed by atoms with Gasteiger partial charge in [-0.25, -0.2) is 9.59 Å². The smallest absolute Gasteiger partial charge is 0.336 e. The number of nitro benzene ring substituents is 1. The van der Waals surface area contributed by atoms with Crippen molar-refractivity contribution in [1.29, 1.82) is 0 Å². The number of carbonyl (C=O) groups excluding carboxylic acids is 1. The van der Waals surface area contributed by atoms with Gasteiger partial charge in [0, 0.05) is 35.2 Å². The number of nitrogens with zero attached hydrogens (tertiary/aromatic N) is 1. The molecule has 142 valence electrons. The number of fused-ring (bicyclic) bond motifs is 1. The molecule has 7 heteroatoms. The van der Waals surface area contributed by atoms with Gasteiger partial charge in [0.1, 0.15) is 12.2 Å². The molecule has 0 saturated heterocycles. The summed E-state index contributed by atoms with van der Waals surface area (Å²) in [6.45, 7) is 1.93. The van der Waals surface area contributed by atoms with Gasteiger partial charge in [-0.15, -0.1) is 0 Å². The SMILES string of the molecule is CCc1ccc2c(COC(=O)/C=C/c3ccc([N+](=O)[O-])cc3)cc(=O)oc2c1. The van der Waals surface area contributed by atoms with E-state index in [2.05, 4.69) is 0 Å². The van der Waals surface area contributed by atoms with Gasteiger partial charge in [-0.1, -0.05) is 19.1 Å². The number of non-ortho nitro benzene ring substituents is 1. The zero-order chi connectivity index (χ0) is 20.1. The molecule has 0 saturated carbocycles. The molecular weight excluding hydrogens is 362 g/mol. The molecule has 0 radical (unpaired) electrons. The standard InChI is InChI=1S/C21H17NO6/c1-2-14-5-9-18-16(12-21(24)28-19(18)11-14)13-27-20(23)10-6-15-3-7-17(8-4-15)22(25)26/h3-12H,2,13H2,1H3/b10-6+. The normalized spacial score (nSPS) is 11.0. The summed E-state index contributed by atoms with van der Waals surface area (Å²) in [7, 11) is 0. The number of nitro groups is 1. The summed E-state index contributed by atoms with van der Waals surface area (Å²) in [5.41, 5.74) is 2.15. The van der Waals surface area contributed by atoms with Crippen molar-refractivity contribution in [2.45, 2.75) is 20.0 Å². The molecule has 1 heterocycles. The van der Waals surface area contributed by atoms with Gasteiger partial charge in [0.25, 0.3) is 5.69 Å². The van der Waals surface area contributed by atoms with Gasteiger partial charge in [0.15, 0.2) is 0 Å². The fourth-order valence-corrected chi connectivity index (χ4v) is 2.68. The van der Waals surface area contributed by atoms with E-state index in [1.807, 2.05) is 19.1 Å². The highest BCUT2D eigenvalue weighted by atomic mass is 16.6. The minimum Gasteiger partial charge on any atom is -0.458 e. The van der Waals surface area contributed by atoms with E-state index in [4.69, 9.17) is 9.15 Å². The number of rotatable bonds is 6. The lowest BCUT2D eigenvalue weighted by Gasteiger charge is -2.07. The third kappa shape index (κ3) is 4.50. The van der Waals surface area contributed by atoms with Crippen LogP contribution >= 0.6 is 0 Å². The number of hydrogen-bond acceptors (Lipinski definition) is 6. The monoisotopic (exact) mass is 379 g/mol. The van der Waals surface area contributed by atoms with Crippen LogP contribution in [0.25, 0.3) is 17.0 Å². The Morgan fingerprint density at radius 3 is 2.61 bits per heavy atom. The second-order valence-electron chi connectivity index (χ2n) is 6.06. The second-order valence-corrected chi connectivity index (χ2v) is 6.06. The molecule has 0 bridgehead atoms. The summed E-state index contributed by atoms with van der Waals surface area (Å²) in [4.78, 5) is 33.9. The molecule has 0 unspecified atom stereocenters. The Morgan fingerprint density at radius 2 is 1.93 bits per heavy atom. The summed E-state index contributed by atoms with van der Waals surface area (Å²) >= 11 is 0. The molecule has 7 nitrogen and oxygen atoms in total. The molecule has 0 aliphatic rings. The van der Waals surface area contributed by atoms with Crippen LogP contribution in [0.2, 0.25) is 0 Å². The van der Waals surface area contributed by atoms with Gasteiger partial charge in [0.2, 0.25) is 0 Å². The number of ether oxygens (including phenoxy) is 1. The summed E-state index contributed by atoms with van der Waals surface area (Å²) in [5.74, 6) is -0.593. The molecule has 3 aromatic rings. The zero-order valence-electron chi connectivity index (χ0n) is 15.1. The molecule has 28 heavy (non-hydrogen) atoms. The Morgan fingerprint density at radius 1 is 1.18 bits per heavy atom. The lowest BCUT2D eigenvalue weighted by atomic mass is 10.1. The Labute approximate surface area is 160 Å². The molecule has 2 aromatic carbocycles. The Bertz CT molecular complexity index is 1110. The van der Waals surface area contributed by atoms with Crippen molar-refractivity contribution in [3.8, 4) is 0 Å². The van der Waals surface area contributed by atoms with Crippen LogP contribution in [0, 0.1) is 10.1 Å². The first-order chi connectivity index (χ1) is 13.5. The number of benzene rings is 2. The summed E-state index contributed by atoms with van der Waals surface area (Å²) < 4.78 is 10.4. The lowest BCUT2D eigenvalue weighted by Crippen LogP contribution is -2.05. The minimum atomic E-state index is -0.593. The first kappa shape index (κ1) is 19.0. The van der Waals surface area contributed by atoms with Crippen LogP contribution in [-0.2, 0) is 22.6 Å². The lowest BCUT2D eigenvalue weighted by molar-refractivity contribution is -0.384. The number of hydrogen-bond donors (Lipinski definition) is 0. The quantitative estimate of drug-likeness (QED) is 0.211. The Balaban J connectivity index is 1.70. The summed E-state index contributed by atoms with van der Waals surface area (Å²) in [6.07, 6.45) is 3.54. The van der Waals surface area contributed by atoms with E-state index in [0.717, 1.165) is 12.0 Å². The summed E-state index contributed by atoms with van der Waals surface area (Å²) in [6, 6.07) is 12.6. The molecule has 0 aliphatic carbocycles. The maximum atomic E-state index is 12.0. The van der Waals surface area contributed by atoms with Crippen LogP contribution in [0.4, 0.5) is 5.69 Å². The molecule has 1 aromatic heterocycles. The Hall–Kier alpha value is -3.74. The Kier molecular flexibility index (Phi) is 5.64. The number of carbonyl (C=O) groups is 1. The first-order valence-corrected chi connectivity index (χ1v) is 8.61. The van der Waals surface area contributed by atoms with Crippen molar-refractivity contribution in [2.24, 2.45) is 0 Å². The fraction of sp³-hybridized carbons (Fsp3) is 0.143. The van der Waals surface area contributed by atoms with Crippen LogP contribution in [0.1, 0.15) is 23.6 Å². The van der Waals surface area contributed by atoms with Gasteiger partial charge >= 0.3 is 11.6 Å². The highest BCUT2D eigenvalue weighted by molar-refractivity contribution is 5.87. The van der Waals surface area contributed by atoms with Crippen molar-refractivity contribution < 1.29 is 18.9 Å². The first-order valence-electron chi connectivity index (χ1n) is 8.61. The van der Waals surface area contributed by atoms with E-state index in [1.54, 1.807) is 6.07 Å². The second kappa shape index (κ2) is 8.30. The van der Waals surface area contributed by atoms with Crippen molar-refractivity contribution in [2.75, 3.05) is 0 Å². The van der Waals surface area contributed by atoms with Crippen LogP contribution < -0.4 is 5.63 Å². The van der Waals surface area contributed by atoms with Gasteiger partial charge in [-0.05, 0) is 41.8 Å². The molecule has 0 fully saturated rings. The molecule has 0 N–H and O–H groups in total. The molecule has 0 amide bonds. The molecule has 0 atom stereocenters. The zero-order valence-corrected chi connectivity index (χ0v) is 15.1. The predicted molar refractivity (Wildman–Crippen MR) is 104 cm³/mol. The van der Waals surface area contributed by atoms with E-state index >= 15 is 0 Å². The van der Waals surface area contributed by atoms with Crippen molar-refractivity contribution in [1.82, 2.24) is 0 Å². The summed E-state index contributed by atoms with van der Waals surface area (Å²) in [5, 5.41) is 11.3. The van der Waals surface area contributed by atoms with E-state index in [-0.39, 0.29) is 12.3 Å². The maximum Gasteiger partial charge on any atom is 0.336 e. The molecule has 0 spiro atoms. The highest BCUT2D eigenvalue weighted by Gasteiger charge is 2.09. The topological polar surface area (TPSA) is 99.6 Å². The minimum absolute atomic E-state index is 0.0271. The van der Waals surface area contributed by atoms with Crippen LogP contribution in [-0.4, -0.2) is 10.9 Å². The van der Waals surface area contributed by atoms with Crippen molar-refractivity contribution in [3.63, 3.8) is 0 Å². The average molecular weight is 379 g/mol. The van der Waals surface area contributed by atoms with E-state index in [1.165, 1.54) is 42.5 Å². The highest BCUT2D eigenvalue weighted by Crippen LogP contribution is 2.20. The number of aryl methyl sites for hydroxylation is 1.